The molecule has 5 aliphatic rings. The largest absolute Gasteiger partial charge is 0.429 e. The Hall–Kier alpha value is -0.910. The Morgan fingerprint density at radius 1 is 1.25 bits per heavy atom. The standard InChI is InChI=1S/C15H20O5/c1-8-4-5-11-9(2)12(16)17-13-15(11)10(8)6-7-14(3,18-13)19-20-15/h8,10-11,13H,2,4-7H2,1,3H3/t8-,10+,11+,13-,14-,15-/m1/s1. The zero-order valence-electron chi connectivity index (χ0n) is 11.9. The van der Waals surface area contributed by atoms with Gasteiger partial charge in [-0.2, -0.15) is 0 Å². The van der Waals surface area contributed by atoms with Crippen LogP contribution >= 0.6 is 0 Å². The van der Waals surface area contributed by atoms with E-state index in [2.05, 4.69) is 13.5 Å². The van der Waals surface area contributed by atoms with Crippen molar-refractivity contribution in [3.8, 4) is 0 Å². The van der Waals surface area contributed by atoms with E-state index in [1.54, 1.807) is 0 Å². The number of rotatable bonds is 0. The molecule has 0 unspecified atom stereocenters. The van der Waals surface area contributed by atoms with Crippen molar-refractivity contribution in [2.24, 2.45) is 17.8 Å². The molecule has 0 aromatic rings. The molecule has 0 aromatic carbocycles. The molecule has 0 amide bonds. The average Bonchev–Trinajstić information content (AvgIpc) is 2.63. The van der Waals surface area contributed by atoms with Crippen molar-refractivity contribution in [1.29, 1.82) is 0 Å². The topological polar surface area (TPSA) is 54.0 Å². The van der Waals surface area contributed by atoms with Gasteiger partial charge < -0.3 is 9.47 Å². The molecule has 0 aromatic heterocycles. The zero-order chi connectivity index (χ0) is 14.1. The van der Waals surface area contributed by atoms with Gasteiger partial charge in [-0.15, -0.1) is 0 Å². The molecule has 1 spiro atoms. The Bertz CT molecular complexity index is 489. The van der Waals surface area contributed by atoms with Crippen LogP contribution in [0.25, 0.3) is 0 Å². The molecule has 6 atom stereocenters. The second-order valence-corrected chi connectivity index (χ2v) is 6.79. The summed E-state index contributed by atoms with van der Waals surface area (Å²) in [6, 6.07) is 0. The van der Waals surface area contributed by atoms with Gasteiger partial charge in [-0.3, -0.25) is 0 Å². The third-order valence-corrected chi connectivity index (χ3v) is 5.62. The first-order valence-corrected chi connectivity index (χ1v) is 7.41. The predicted octanol–water partition coefficient (Wildman–Crippen LogP) is 2.32. The molecule has 5 rings (SSSR count). The number of hydrogen-bond donors (Lipinski definition) is 0. The number of carbonyl (C=O) groups excluding carboxylic acids is 1. The molecule has 0 radical (unpaired) electrons. The Morgan fingerprint density at radius 2 is 2.05 bits per heavy atom. The molecule has 0 N–H and O–H groups in total. The second kappa shape index (κ2) is 3.84. The number of hydrogen-bond acceptors (Lipinski definition) is 5. The van der Waals surface area contributed by atoms with Gasteiger partial charge in [0.15, 0.2) is 5.60 Å². The monoisotopic (exact) mass is 280 g/mol. The maximum atomic E-state index is 12.0. The van der Waals surface area contributed by atoms with Crippen molar-refractivity contribution in [3.05, 3.63) is 12.2 Å². The lowest BCUT2D eigenvalue weighted by Crippen LogP contribution is -2.68. The van der Waals surface area contributed by atoms with Crippen LogP contribution in [-0.2, 0) is 24.0 Å². The van der Waals surface area contributed by atoms with Gasteiger partial charge in [0, 0.05) is 23.8 Å². The Balaban J connectivity index is 1.86. The van der Waals surface area contributed by atoms with Crippen LogP contribution in [0, 0.1) is 17.8 Å². The summed E-state index contributed by atoms with van der Waals surface area (Å²) in [6.07, 6.45) is 2.95. The third kappa shape index (κ3) is 1.41. The van der Waals surface area contributed by atoms with Crippen LogP contribution in [-0.4, -0.2) is 23.6 Å². The van der Waals surface area contributed by atoms with E-state index in [0.717, 1.165) is 25.7 Å². The van der Waals surface area contributed by atoms with Crippen LogP contribution in [0.3, 0.4) is 0 Å². The normalized spacial score (nSPS) is 54.1. The van der Waals surface area contributed by atoms with Gasteiger partial charge in [0.2, 0.25) is 12.1 Å². The highest BCUT2D eigenvalue weighted by atomic mass is 17.3. The fourth-order valence-corrected chi connectivity index (χ4v) is 4.46. The van der Waals surface area contributed by atoms with Gasteiger partial charge in [-0.1, -0.05) is 13.5 Å². The van der Waals surface area contributed by atoms with E-state index in [0.29, 0.717) is 11.5 Å². The van der Waals surface area contributed by atoms with Gasteiger partial charge in [-0.05, 0) is 32.1 Å². The average molecular weight is 280 g/mol. The molecule has 5 heteroatoms. The highest BCUT2D eigenvalue weighted by molar-refractivity contribution is 5.89. The SMILES string of the molecule is C=C1C(=O)O[C@@H]2O[C@@]3(C)CC[C@H]4[C@H](C)CC[C@@H]1[C@@]24OO3. The van der Waals surface area contributed by atoms with E-state index in [1.807, 2.05) is 6.92 Å². The van der Waals surface area contributed by atoms with E-state index in [1.165, 1.54) is 0 Å². The Kier molecular flexibility index (Phi) is 2.46. The minimum atomic E-state index is -0.823. The molecule has 4 heterocycles. The minimum Gasteiger partial charge on any atom is -0.429 e. The summed E-state index contributed by atoms with van der Waals surface area (Å²) in [5.74, 6) is -0.501. The number of carbonyl (C=O) groups is 1. The summed E-state index contributed by atoms with van der Waals surface area (Å²) in [6.45, 7) is 8.00. The van der Waals surface area contributed by atoms with Crippen LogP contribution in [0.1, 0.15) is 39.5 Å². The highest BCUT2D eigenvalue weighted by Gasteiger charge is 2.69. The molecule has 1 saturated carbocycles. The fourth-order valence-electron chi connectivity index (χ4n) is 4.46. The second-order valence-electron chi connectivity index (χ2n) is 6.79. The quantitative estimate of drug-likeness (QED) is 0.387. The lowest BCUT2D eigenvalue weighted by molar-refractivity contribution is -0.554. The first-order chi connectivity index (χ1) is 9.46. The molecule has 20 heavy (non-hydrogen) atoms. The van der Waals surface area contributed by atoms with E-state index in [9.17, 15) is 4.79 Å². The van der Waals surface area contributed by atoms with Crippen molar-refractivity contribution in [1.82, 2.24) is 0 Å². The van der Waals surface area contributed by atoms with E-state index >= 15 is 0 Å². The minimum absolute atomic E-state index is 0.0717. The van der Waals surface area contributed by atoms with Crippen LogP contribution in [0.5, 0.6) is 0 Å². The van der Waals surface area contributed by atoms with Crippen molar-refractivity contribution < 1.29 is 24.0 Å². The summed E-state index contributed by atoms with van der Waals surface area (Å²) in [7, 11) is 0. The van der Waals surface area contributed by atoms with Gasteiger partial charge in [-0.25, -0.2) is 14.6 Å². The van der Waals surface area contributed by atoms with Crippen LogP contribution in [0.2, 0.25) is 0 Å². The maximum absolute atomic E-state index is 12.0. The zero-order valence-corrected chi connectivity index (χ0v) is 11.9. The summed E-state index contributed by atoms with van der Waals surface area (Å²) >= 11 is 0. The Morgan fingerprint density at radius 3 is 2.85 bits per heavy atom. The van der Waals surface area contributed by atoms with Crippen LogP contribution in [0.15, 0.2) is 12.2 Å². The van der Waals surface area contributed by atoms with E-state index < -0.39 is 17.7 Å². The molecule has 5 fully saturated rings. The van der Waals surface area contributed by atoms with E-state index in [4.69, 9.17) is 19.2 Å². The summed E-state index contributed by atoms with van der Waals surface area (Å²) in [5, 5.41) is 0. The van der Waals surface area contributed by atoms with Gasteiger partial charge in [0.05, 0.1) is 0 Å². The molecular weight excluding hydrogens is 260 g/mol. The van der Waals surface area contributed by atoms with Crippen LogP contribution < -0.4 is 0 Å². The fraction of sp³-hybridized carbons (Fsp3) is 0.800. The smallest absolute Gasteiger partial charge is 0.336 e. The summed E-state index contributed by atoms with van der Waals surface area (Å²) < 4.78 is 11.5. The summed E-state index contributed by atoms with van der Waals surface area (Å²) in [5.41, 5.74) is -0.213. The highest BCUT2D eigenvalue weighted by Crippen LogP contribution is 2.59. The third-order valence-electron chi connectivity index (χ3n) is 5.62. The molecule has 5 nitrogen and oxygen atoms in total. The van der Waals surface area contributed by atoms with Gasteiger partial charge in [0.1, 0.15) is 0 Å². The Labute approximate surface area is 118 Å². The molecule has 2 bridgehead atoms. The molecule has 1 aliphatic carbocycles. The lowest BCUT2D eigenvalue weighted by Gasteiger charge is -2.56. The first kappa shape index (κ1) is 12.8. The van der Waals surface area contributed by atoms with Crippen molar-refractivity contribution in [2.45, 2.75) is 57.2 Å². The first-order valence-electron chi connectivity index (χ1n) is 7.41. The number of ether oxygens (including phenoxy) is 2. The van der Waals surface area contributed by atoms with Crippen molar-refractivity contribution in [3.63, 3.8) is 0 Å². The molecule has 4 saturated heterocycles. The molecule has 110 valence electrons. The van der Waals surface area contributed by atoms with Gasteiger partial charge in [0.25, 0.3) is 0 Å². The van der Waals surface area contributed by atoms with Crippen molar-refractivity contribution >= 4 is 5.97 Å². The maximum Gasteiger partial charge on any atom is 0.336 e. The van der Waals surface area contributed by atoms with Crippen LogP contribution in [0.4, 0.5) is 0 Å². The van der Waals surface area contributed by atoms with E-state index in [-0.39, 0.29) is 17.8 Å². The predicted molar refractivity (Wildman–Crippen MR) is 68.0 cm³/mol. The lowest BCUT2D eigenvalue weighted by atomic mass is 9.59. The number of fused-ring (bicyclic) bond motifs is 2. The summed E-state index contributed by atoms with van der Waals surface area (Å²) in [4.78, 5) is 23.5. The van der Waals surface area contributed by atoms with Crippen molar-refractivity contribution in [2.75, 3.05) is 0 Å². The number of esters is 1. The van der Waals surface area contributed by atoms with Gasteiger partial charge >= 0.3 is 5.97 Å². The molecule has 4 aliphatic heterocycles. The molecular formula is C15H20O5.